The highest BCUT2D eigenvalue weighted by Crippen LogP contribution is 2.41. The summed E-state index contributed by atoms with van der Waals surface area (Å²) in [6.07, 6.45) is -1.85. The van der Waals surface area contributed by atoms with E-state index in [1.807, 2.05) is 6.92 Å². The first-order valence-corrected chi connectivity index (χ1v) is 5.84. The summed E-state index contributed by atoms with van der Waals surface area (Å²) in [4.78, 5) is 0. The number of nitrogens with two attached hydrogens (primary N) is 1. The molecule has 0 amide bonds. The molecule has 7 heteroatoms. The van der Waals surface area contributed by atoms with E-state index in [9.17, 15) is 18.3 Å². The SMILES string of the molecule is CCCn1cc(C(O)(C(N)CC)C(F)(F)F)cn1. The number of aliphatic hydroxyl groups is 1. The predicted molar refractivity (Wildman–Crippen MR) is 60.7 cm³/mol. The number of aromatic nitrogens is 2. The van der Waals surface area contributed by atoms with Gasteiger partial charge < -0.3 is 10.8 Å². The average Bonchev–Trinajstić information content (AvgIpc) is 2.74. The van der Waals surface area contributed by atoms with Gasteiger partial charge in [0.15, 0.2) is 0 Å². The Morgan fingerprint density at radius 2 is 2.06 bits per heavy atom. The molecular formula is C11H18F3N3O. The summed E-state index contributed by atoms with van der Waals surface area (Å²) in [5.74, 6) is 0. The second-order valence-electron chi connectivity index (χ2n) is 4.27. The molecule has 1 aromatic heterocycles. The van der Waals surface area contributed by atoms with Gasteiger partial charge in [-0.1, -0.05) is 13.8 Å². The van der Waals surface area contributed by atoms with Crippen molar-refractivity contribution in [2.75, 3.05) is 0 Å². The lowest BCUT2D eigenvalue weighted by molar-refractivity contribution is -0.274. The highest BCUT2D eigenvalue weighted by Gasteiger charge is 2.58. The summed E-state index contributed by atoms with van der Waals surface area (Å²) in [7, 11) is 0. The van der Waals surface area contributed by atoms with Crippen LogP contribution in [0.2, 0.25) is 0 Å². The van der Waals surface area contributed by atoms with Crippen molar-refractivity contribution in [2.24, 2.45) is 5.73 Å². The molecule has 1 aromatic rings. The van der Waals surface area contributed by atoms with E-state index in [2.05, 4.69) is 5.10 Å². The van der Waals surface area contributed by atoms with Crippen molar-refractivity contribution in [1.29, 1.82) is 0 Å². The van der Waals surface area contributed by atoms with Crippen LogP contribution in [0.1, 0.15) is 32.3 Å². The van der Waals surface area contributed by atoms with E-state index >= 15 is 0 Å². The quantitative estimate of drug-likeness (QED) is 0.853. The molecule has 0 saturated carbocycles. The summed E-state index contributed by atoms with van der Waals surface area (Å²) in [6, 6.07) is -1.42. The maximum Gasteiger partial charge on any atom is 0.423 e. The van der Waals surface area contributed by atoms with Crippen molar-refractivity contribution < 1.29 is 18.3 Å². The van der Waals surface area contributed by atoms with Gasteiger partial charge in [0.25, 0.3) is 0 Å². The predicted octanol–water partition coefficient (Wildman–Crippen LogP) is 1.78. The van der Waals surface area contributed by atoms with Crippen LogP contribution in [0.4, 0.5) is 13.2 Å². The summed E-state index contributed by atoms with van der Waals surface area (Å²) < 4.78 is 40.5. The summed E-state index contributed by atoms with van der Waals surface area (Å²) >= 11 is 0. The molecule has 1 heterocycles. The number of halogens is 3. The Labute approximate surface area is 104 Å². The maximum absolute atomic E-state index is 13.1. The Kier molecular flexibility index (Phi) is 4.39. The zero-order valence-corrected chi connectivity index (χ0v) is 10.4. The van der Waals surface area contributed by atoms with Crippen LogP contribution in [0.25, 0.3) is 0 Å². The van der Waals surface area contributed by atoms with Crippen molar-refractivity contribution in [1.82, 2.24) is 9.78 Å². The molecule has 0 aliphatic heterocycles. The summed E-state index contributed by atoms with van der Waals surface area (Å²) in [6.45, 7) is 3.88. The second kappa shape index (κ2) is 5.27. The van der Waals surface area contributed by atoms with Crippen LogP contribution in [-0.2, 0) is 12.1 Å². The molecule has 0 aliphatic rings. The van der Waals surface area contributed by atoms with Gasteiger partial charge in [-0.15, -0.1) is 0 Å². The van der Waals surface area contributed by atoms with Gasteiger partial charge in [-0.3, -0.25) is 4.68 Å². The van der Waals surface area contributed by atoms with E-state index in [1.165, 1.54) is 17.8 Å². The van der Waals surface area contributed by atoms with E-state index in [4.69, 9.17) is 5.73 Å². The van der Waals surface area contributed by atoms with Crippen LogP contribution in [0.5, 0.6) is 0 Å². The third-order valence-electron chi connectivity index (χ3n) is 2.93. The molecule has 0 radical (unpaired) electrons. The average molecular weight is 265 g/mol. The Bertz CT molecular complexity index is 391. The third kappa shape index (κ3) is 2.51. The van der Waals surface area contributed by atoms with Crippen LogP contribution in [-0.4, -0.2) is 27.1 Å². The van der Waals surface area contributed by atoms with Crippen LogP contribution in [0, 0.1) is 0 Å². The van der Waals surface area contributed by atoms with E-state index in [0.29, 0.717) is 6.54 Å². The molecule has 18 heavy (non-hydrogen) atoms. The number of rotatable bonds is 5. The highest BCUT2D eigenvalue weighted by molar-refractivity contribution is 5.21. The molecule has 0 aliphatic carbocycles. The molecule has 3 N–H and O–H groups in total. The number of alkyl halides is 3. The molecule has 2 unspecified atom stereocenters. The lowest BCUT2D eigenvalue weighted by atomic mass is 9.86. The zero-order chi connectivity index (χ0) is 14.0. The van der Waals surface area contributed by atoms with Crippen LogP contribution in [0.15, 0.2) is 12.4 Å². The highest BCUT2D eigenvalue weighted by atomic mass is 19.4. The van der Waals surface area contributed by atoms with Crippen molar-refractivity contribution in [3.8, 4) is 0 Å². The summed E-state index contributed by atoms with van der Waals surface area (Å²) in [5.41, 5.74) is 2.09. The lowest BCUT2D eigenvalue weighted by Crippen LogP contribution is -2.55. The van der Waals surface area contributed by atoms with E-state index in [1.54, 1.807) is 0 Å². The normalized spacial score (nSPS) is 17.5. The molecule has 0 saturated heterocycles. The van der Waals surface area contributed by atoms with Gasteiger partial charge in [0, 0.05) is 24.3 Å². The molecule has 2 atom stereocenters. The van der Waals surface area contributed by atoms with Crippen LogP contribution in [0.3, 0.4) is 0 Å². The van der Waals surface area contributed by atoms with Gasteiger partial charge in [0.1, 0.15) is 0 Å². The minimum absolute atomic E-state index is 0.00890. The Hall–Kier alpha value is -1.08. The first-order chi connectivity index (χ1) is 8.27. The fourth-order valence-corrected chi connectivity index (χ4v) is 1.80. The Morgan fingerprint density at radius 1 is 1.44 bits per heavy atom. The number of hydrogen-bond acceptors (Lipinski definition) is 3. The van der Waals surface area contributed by atoms with E-state index in [-0.39, 0.29) is 12.0 Å². The van der Waals surface area contributed by atoms with Gasteiger partial charge in [0.2, 0.25) is 5.60 Å². The van der Waals surface area contributed by atoms with Gasteiger partial charge in [-0.05, 0) is 12.8 Å². The Balaban J connectivity index is 3.18. The fourth-order valence-electron chi connectivity index (χ4n) is 1.80. The minimum Gasteiger partial charge on any atom is -0.375 e. The van der Waals surface area contributed by atoms with Crippen molar-refractivity contribution in [3.63, 3.8) is 0 Å². The van der Waals surface area contributed by atoms with Crippen LogP contribution < -0.4 is 5.73 Å². The number of nitrogens with zero attached hydrogens (tertiary/aromatic N) is 2. The standard InChI is InChI=1S/C11H18F3N3O/c1-3-5-17-7-8(6-16-17)10(18,9(15)4-2)11(12,13)14/h6-7,9,18H,3-5,15H2,1-2H3. The fraction of sp³-hybridized carbons (Fsp3) is 0.727. The third-order valence-corrected chi connectivity index (χ3v) is 2.93. The largest absolute Gasteiger partial charge is 0.423 e. The summed E-state index contributed by atoms with van der Waals surface area (Å²) in [5, 5.41) is 13.8. The molecule has 0 fully saturated rings. The molecule has 104 valence electrons. The molecular weight excluding hydrogens is 247 g/mol. The van der Waals surface area contributed by atoms with E-state index < -0.39 is 17.8 Å². The zero-order valence-electron chi connectivity index (χ0n) is 10.4. The minimum atomic E-state index is -4.83. The van der Waals surface area contributed by atoms with Gasteiger partial charge in [-0.2, -0.15) is 18.3 Å². The first kappa shape index (κ1) is 15.0. The van der Waals surface area contributed by atoms with Gasteiger partial charge in [0.05, 0.1) is 6.20 Å². The molecule has 4 nitrogen and oxygen atoms in total. The van der Waals surface area contributed by atoms with Crippen molar-refractivity contribution >= 4 is 0 Å². The monoisotopic (exact) mass is 265 g/mol. The number of hydrogen-bond donors (Lipinski definition) is 2. The van der Waals surface area contributed by atoms with Crippen molar-refractivity contribution in [2.45, 2.75) is 51.1 Å². The smallest absolute Gasteiger partial charge is 0.375 e. The Morgan fingerprint density at radius 3 is 2.50 bits per heavy atom. The number of aryl methyl sites for hydroxylation is 1. The van der Waals surface area contributed by atoms with Gasteiger partial charge >= 0.3 is 6.18 Å². The molecule has 0 aromatic carbocycles. The van der Waals surface area contributed by atoms with Crippen LogP contribution >= 0.6 is 0 Å². The molecule has 1 rings (SSSR count). The lowest BCUT2D eigenvalue weighted by Gasteiger charge is -2.34. The second-order valence-corrected chi connectivity index (χ2v) is 4.27. The van der Waals surface area contributed by atoms with Gasteiger partial charge in [-0.25, -0.2) is 0 Å². The van der Waals surface area contributed by atoms with E-state index in [0.717, 1.165) is 12.6 Å². The molecule has 0 bridgehead atoms. The molecule has 0 spiro atoms. The topological polar surface area (TPSA) is 64.1 Å². The van der Waals surface area contributed by atoms with Crippen molar-refractivity contribution in [3.05, 3.63) is 18.0 Å². The maximum atomic E-state index is 13.1. The first-order valence-electron chi connectivity index (χ1n) is 5.84.